The highest BCUT2D eigenvalue weighted by Gasteiger charge is 2.44. The first-order valence-corrected chi connectivity index (χ1v) is 9.72. The largest absolute Gasteiger partial charge is 0.502 e. The average Bonchev–Trinajstić information content (AvgIpc) is 2.72. The van der Waals surface area contributed by atoms with E-state index < -0.39 is 33.5 Å². The third-order valence-corrected chi connectivity index (χ3v) is 5.38. The summed E-state index contributed by atoms with van der Waals surface area (Å²) in [6, 6.07) is 5.73. The van der Waals surface area contributed by atoms with Gasteiger partial charge < -0.3 is 15.1 Å². The lowest BCUT2D eigenvalue weighted by Gasteiger charge is -2.26. The molecule has 1 amide bonds. The van der Waals surface area contributed by atoms with Gasteiger partial charge in [-0.2, -0.15) is 0 Å². The van der Waals surface area contributed by atoms with E-state index in [0.717, 1.165) is 10.7 Å². The number of aliphatic hydroxyl groups excluding tert-OH is 1. The number of rotatable bonds is 6. The Morgan fingerprint density at radius 1 is 1.29 bits per heavy atom. The summed E-state index contributed by atoms with van der Waals surface area (Å²) in [6.45, 7) is 0.0228. The van der Waals surface area contributed by atoms with Crippen LogP contribution >= 0.6 is 15.9 Å². The molecule has 0 radical (unpaired) electrons. The van der Waals surface area contributed by atoms with E-state index in [9.17, 15) is 23.1 Å². The van der Waals surface area contributed by atoms with Crippen LogP contribution in [0.15, 0.2) is 39.4 Å². The maximum Gasteiger partial charge on any atom is 0.303 e. The Morgan fingerprint density at radius 2 is 1.88 bits per heavy atom. The minimum absolute atomic E-state index is 0.0228. The first kappa shape index (κ1) is 18.5. The van der Waals surface area contributed by atoms with Crippen molar-refractivity contribution in [3.8, 4) is 0 Å². The predicted molar refractivity (Wildman–Crippen MR) is 90.0 cm³/mol. The Bertz CT molecular complexity index is 800. The number of carbonyl (C=O) groups excluding carboxylic acids is 1. The molecule has 1 heterocycles. The molecule has 1 aromatic carbocycles. The molecule has 0 fully saturated rings. The molecule has 9 heteroatoms. The average molecular weight is 418 g/mol. The molecule has 0 aromatic heterocycles. The van der Waals surface area contributed by atoms with Gasteiger partial charge in [-0.05, 0) is 24.1 Å². The number of carboxylic acids is 1. The topological polar surface area (TPSA) is 112 Å². The van der Waals surface area contributed by atoms with Crippen molar-refractivity contribution in [2.75, 3.05) is 12.8 Å². The maximum atomic E-state index is 12.3. The summed E-state index contributed by atoms with van der Waals surface area (Å²) in [5.41, 5.74) is 0.520. The number of nitrogens with zero attached hydrogens (tertiary/aromatic N) is 1. The third kappa shape index (κ3) is 3.78. The van der Waals surface area contributed by atoms with Crippen molar-refractivity contribution >= 4 is 37.6 Å². The van der Waals surface area contributed by atoms with Crippen LogP contribution in [0.3, 0.4) is 0 Å². The van der Waals surface area contributed by atoms with Gasteiger partial charge in [-0.25, -0.2) is 8.42 Å². The molecule has 1 atom stereocenters. The molecule has 130 valence electrons. The van der Waals surface area contributed by atoms with Gasteiger partial charge in [-0.3, -0.25) is 9.59 Å². The Balaban J connectivity index is 2.45. The molecule has 1 aliphatic rings. The third-order valence-electron chi connectivity index (χ3n) is 3.63. The lowest BCUT2D eigenvalue weighted by molar-refractivity contribution is -0.138. The number of aliphatic hydroxyl groups is 1. The number of aliphatic carboxylic acids is 1. The molecule has 7 nitrogen and oxygen atoms in total. The van der Waals surface area contributed by atoms with E-state index in [1.807, 2.05) is 0 Å². The fraction of sp³-hybridized carbons (Fsp3) is 0.333. The smallest absolute Gasteiger partial charge is 0.303 e. The lowest BCUT2D eigenvalue weighted by atomic mass is 10.1. The molecule has 1 aliphatic heterocycles. The van der Waals surface area contributed by atoms with Gasteiger partial charge in [0.05, 0.1) is 6.04 Å². The number of hydrogen-bond donors (Lipinski definition) is 2. The highest BCUT2D eigenvalue weighted by Crippen LogP contribution is 2.40. The van der Waals surface area contributed by atoms with Gasteiger partial charge >= 0.3 is 5.97 Å². The molecule has 0 unspecified atom stereocenters. The fourth-order valence-corrected chi connectivity index (χ4v) is 3.99. The molecular formula is C15H16BrNO6S. The Labute approximate surface area is 147 Å². The van der Waals surface area contributed by atoms with Crippen LogP contribution in [0, 0.1) is 0 Å². The Kier molecular flexibility index (Phi) is 5.34. The van der Waals surface area contributed by atoms with Crippen LogP contribution in [0.4, 0.5) is 0 Å². The Hall–Kier alpha value is -1.87. The maximum absolute atomic E-state index is 12.3. The molecule has 0 spiro atoms. The molecule has 24 heavy (non-hydrogen) atoms. The molecule has 0 aliphatic carbocycles. The van der Waals surface area contributed by atoms with Gasteiger partial charge in [0, 0.05) is 23.7 Å². The summed E-state index contributed by atoms with van der Waals surface area (Å²) in [7, 11) is -3.83. The number of carboxylic acid groups (broad SMARTS) is 1. The van der Waals surface area contributed by atoms with E-state index in [4.69, 9.17) is 5.11 Å². The summed E-state index contributed by atoms with van der Waals surface area (Å²) >= 11 is 3.28. The quantitative estimate of drug-likeness (QED) is 0.731. The van der Waals surface area contributed by atoms with E-state index >= 15 is 0 Å². The van der Waals surface area contributed by atoms with Crippen molar-refractivity contribution in [2.24, 2.45) is 0 Å². The standard InChI is InChI=1S/C15H16BrNO6S/c1-24(22,23)14-12(9-4-6-10(16)7-5-9)17(15(21)13(14)20)8-2-3-11(18)19/h4-7,12,20H,2-3,8H2,1H3,(H,18,19)/t12-/m1/s1. The van der Waals surface area contributed by atoms with Gasteiger partial charge in [0.15, 0.2) is 15.6 Å². The van der Waals surface area contributed by atoms with E-state index in [1.54, 1.807) is 24.3 Å². The zero-order valence-electron chi connectivity index (χ0n) is 12.8. The minimum atomic E-state index is -3.83. The highest BCUT2D eigenvalue weighted by molar-refractivity contribution is 9.10. The van der Waals surface area contributed by atoms with Crippen molar-refractivity contribution in [1.29, 1.82) is 0 Å². The van der Waals surface area contributed by atoms with Gasteiger partial charge in [0.2, 0.25) is 0 Å². The highest BCUT2D eigenvalue weighted by atomic mass is 79.9. The second-order valence-electron chi connectivity index (χ2n) is 5.43. The van der Waals surface area contributed by atoms with E-state index in [2.05, 4.69) is 15.9 Å². The summed E-state index contributed by atoms with van der Waals surface area (Å²) in [4.78, 5) is 23.8. The SMILES string of the molecule is CS(=O)(=O)C1=C(O)C(=O)N(CCCC(=O)O)[C@@H]1c1ccc(Br)cc1. The van der Waals surface area contributed by atoms with E-state index in [1.165, 1.54) is 4.90 Å². The first-order valence-electron chi connectivity index (χ1n) is 7.04. The van der Waals surface area contributed by atoms with Crippen molar-refractivity contribution < 1.29 is 28.2 Å². The van der Waals surface area contributed by atoms with Crippen LogP contribution < -0.4 is 0 Å². The van der Waals surface area contributed by atoms with Crippen molar-refractivity contribution in [3.05, 3.63) is 45.0 Å². The Morgan fingerprint density at radius 3 is 2.38 bits per heavy atom. The van der Waals surface area contributed by atoms with Crippen LogP contribution in [0.25, 0.3) is 0 Å². The van der Waals surface area contributed by atoms with Gasteiger partial charge in [-0.15, -0.1) is 0 Å². The van der Waals surface area contributed by atoms with E-state index in [-0.39, 0.29) is 24.3 Å². The number of hydrogen-bond acceptors (Lipinski definition) is 5. The van der Waals surface area contributed by atoms with Gasteiger partial charge in [-0.1, -0.05) is 28.1 Å². The predicted octanol–water partition coefficient (Wildman–Crippen LogP) is 2.01. The number of carbonyl (C=O) groups is 2. The number of benzene rings is 1. The van der Waals surface area contributed by atoms with Gasteiger partial charge in [0.1, 0.15) is 4.91 Å². The fourth-order valence-electron chi connectivity index (χ4n) is 2.62. The molecule has 1 aromatic rings. The van der Waals surface area contributed by atoms with E-state index in [0.29, 0.717) is 5.56 Å². The van der Waals surface area contributed by atoms with Crippen molar-refractivity contribution in [1.82, 2.24) is 4.90 Å². The number of sulfone groups is 1. The van der Waals surface area contributed by atoms with Crippen molar-refractivity contribution in [2.45, 2.75) is 18.9 Å². The number of halogens is 1. The monoisotopic (exact) mass is 417 g/mol. The summed E-state index contributed by atoms with van der Waals surface area (Å²) in [5, 5.41) is 18.8. The summed E-state index contributed by atoms with van der Waals surface area (Å²) in [5.74, 6) is -2.63. The van der Waals surface area contributed by atoms with Crippen LogP contribution in [-0.2, 0) is 19.4 Å². The minimum Gasteiger partial charge on any atom is -0.502 e. The second kappa shape index (κ2) is 6.94. The molecular weight excluding hydrogens is 402 g/mol. The number of amides is 1. The normalized spacial score (nSPS) is 18.3. The second-order valence-corrected chi connectivity index (χ2v) is 8.33. The summed E-state index contributed by atoms with van der Waals surface area (Å²) < 4.78 is 24.9. The molecule has 0 saturated carbocycles. The van der Waals surface area contributed by atoms with Crippen LogP contribution in [0.5, 0.6) is 0 Å². The van der Waals surface area contributed by atoms with Crippen molar-refractivity contribution in [3.63, 3.8) is 0 Å². The first-order chi connectivity index (χ1) is 11.1. The molecule has 0 bridgehead atoms. The zero-order valence-corrected chi connectivity index (χ0v) is 15.2. The zero-order chi connectivity index (χ0) is 18.1. The molecule has 2 rings (SSSR count). The molecule has 0 saturated heterocycles. The van der Waals surface area contributed by atoms with Crippen LogP contribution in [0.1, 0.15) is 24.4 Å². The summed E-state index contributed by atoms with van der Waals surface area (Å²) in [6.07, 6.45) is 0.919. The molecule has 2 N–H and O–H groups in total. The lowest BCUT2D eigenvalue weighted by Crippen LogP contribution is -2.32. The van der Waals surface area contributed by atoms with Crippen LogP contribution in [-0.4, -0.2) is 48.2 Å². The van der Waals surface area contributed by atoms with Gasteiger partial charge in [0.25, 0.3) is 5.91 Å². The van der Waals surface area contributed by atoms with Crippen LogP contribution in [0.2, 0.25) is 0 Å².